The molecule has 0 spiro atoms. The van der Waals surface area contributed by atoms with E-state index in [1.807, 2.05) is 29.2 Å². The van der Waals surface area contributed by atoms with Gasteiger partial charge in [0.1, 0.15) is 17.2 Å². The summed E-state index contributed by atoms with van der Waals surface area (Å²) in [6.45, 7) is 0.718. The number of ether oxygens (including phenoxy) is 2. The molecule has 2 aromatic carbocycles. The van der Waals surface area contributed by atoms with E-state index in [9.17, 15) is 9.90 Å². The zero-order valence-electron chi connectivity index (χ0n) is 14.9. The van der Waals surface area contributed by atoms with Crippen LogP contribution in [-0.2, 0) is 0 Å². The Labute approximate surface area is 153 Å². The minimum Gasteiger partial charge on any atom is -0.497 e. The zero-order valence-corrected chi connectivity index (χ0v) is 14.9. The van der Waals surface area contributed by atoms with E-state index in [0.29, 0.717) is 17.1 Å². The van der Waals surface area contributed by atoms with E-state index < -0.39 is 5.60 Å². The fourth-order valence-electron chi connectivity index (χ4n) is 3.64. The van der Waals surface area contributed by atoms with Crippen LogP contribution in [0.3, 0.4) is 0 Å². The lowest BCUT2D eigenvalue weighted by atomic mass is 10.1. The van der Waals surface area contributed by atoms with Crippen molar-refractivity contribution in [3.05, 3.63) is 54.1 Å². The van der Waals surface area contributed by atoms with Crippen molar-refractivity contribution < 1.29 is 19.4 Å². The lowest BCUT2D eigenvalue weighted by Crippen LogP contribution is -2.44. The molecule has 0 bridgehead atoms. The van der Waals surface area contributed by atoms with Crippen molar-refractivity contribution in [1.82, 2.24) is 4.90 Å². The lowest BCUT2D eigenvalue weighted by molar-refractivity contribution is 0.0386. The van der Waals surface area contributed by atoms with Crippen molar-refractivity contribution in [2.45, 2.75) is 37.3 Å². The summed E-state index contributed by atoms with van der Waals surface area (Å²) in [6.07, 6.45) is 3.45. The molecule has 1 N–H and O–H groups in total. The maximum Gasteiger partial charge on any atom is 0.254 e. The van der Waals surface area contributed by atoms with E-state index in [1.165, 1.54) is 0 Å². The Morgan fingerprint density at radius 3 is 2.19 bits per heavy atom. The summed E-state index contributed by atoms with van der Waals surface area (Å²) < 4.78 is 10.9. The molecule has 4 rings (SSSR count). The average molecular weight is 353 g/mol. The third-order valence-electron chi connectivity index (χ3n) is 5.29. The smallest absolute Gasteiger partial charge is 0.254 e. The molecule has 1 atom stereocenters. The van der Waals surface area contributed by atoms with Gasteiger partial charge in [-0.25, -0.2) is 0 Å². The van der Waals surface area contributed by atoms with Crippen LogP contribution >= 0.6 is 0 Å². The number of nitrogens with zero attached hydrogens (tertiary/aromatic N) is 1. The van der Waals surface area contributed by atoms with Gasteiger partial charge in [0.25, 0.3) is 5.91 Å². The van der Waals surface area contributed by atoms with Gasteiger partial charge in [0.2, 0.25) is 0 Å². The molecule has 2 aliphatic rings. The van der Waals surface area contributed by atoms with Crippen LogP contribution < -0.4 is 9.47 Å². The molecule has 1 unspecified atom stereocenters. The molecule has 1 saturated heterocycles. The molecule has 1 heterocycles. The maximum atomic E-state index is 12.8. The summed E-state index contributed by atoms with van der Waals surface area (Å²) >= 11 is 0. The second kappa shape index (κ2) is 6.65. The lowest BCUT2D eigenvalue weighted by Gasteiger charge is -2.28. The number of benzene rings is 2. The number of carbonyl (C=O) groups excluding carboxylic acids is 1. The number of methoxy groups -OCH3 is 1. The normalized spacial score (nSPS) is 20.7. The number of amides is 1. The highest BCUT2D eigenvalue weighted by Crippen LogP contribution is 2.45. The standard InChI is InChI=1S/C21H23NO4/c1-25-16-8-10-18(11-9-16)26-17-6-4-15(5-7-17)20(23)22-14-2-3-19(22)21(24)12-13-21/h4-11,19,24H,2-3,12-14H2,1H3. The van der Waals surface area contributed by atoms with Gasteiger partial charge in [0, 0.05) is 12.1 Å². The summed E-state index contributed by atoms with van der Waals surface area (Å²) in [5, 5.41) is 10.4. The van der Waals surface area contributed by atoms with Gasteiger partial charge in [-0.1, -0.05) is 0 Å². The number of likely N-dealkylation sites (tertiary alicyclic amines) is 1. The SMILES string of the molecule is COc1ccc(Oc2ccc(C(=O)N3CCCC3C3(O)CC3)cc2)cc1. The van der Waals surface area contributed by atoms with Crippen LogP contribution in [0.2, 0.25) is 0 Å². The van der Waals surface area contributed by atoms with Crippen LogP contribution in [0.4, 0.5) is 0 Å². The van der Waals surface area contributed by atoms with Crippen LogP contribution in [0.1, 0.15) is 36.0 Å². The Bertz CT molecular complexity index is 781. The van der Waals surface area contributed by atoms with Gasteiger partial charge >= 0.3 is 0 Å². The molecule has 5 nitrogen and oxygen atoms in total. The molecule has 5 heteroatoms. The van der Waals surface area contributed by atoms with Gasteiger partial charge in [-0.05, 0) is 74.2 Å². The Balaban J connectivity index is 1.44. The molecular formula is C21H23NO4. The van der Waals surface area contributed by atoms with Gasteiger partial charge in [-0.2, -0.15) is 0 Å². The minimum absolute atomic E-state index is 0.0103. The van der Waals surface area contributed by atoms with Crippen LogP contribution in [0.15, 0.2) is 48.5 Å². The second-order valence-corrected chi connectivity index (χ2v) is 7.06. The van der Waals surface area contributed by atoms with Gasteiger partial charge in [-0.15, -0.1) is 0 Å². The molecule has 0 radical (unpaired) electrons. The van der Waals surface area contributed by atoms with E-state index in [1.54, 1.807) is 31.4 Å². The zero-order chi connectivity index (χ0) is 18.1. The number of hydrogen-bond donors (Lipinski definition) is 1. The van der Waals surface area contributed by atoms with Crippen LogP contribution in [0.25, 0.3) is 0 Å². The van der Waals surface area contributed by atoms with Crippen LogP contribution in [-0.4, -0.2) is 41.2 Å². The summed E-state index contributed by atoms with van der Waals surface area (Å²) in [7, 11) is 1.62. The predicted molar refractivity (Wildman–Crippen MR) is 97.8 cm³/mol. The van der Waals surface area contributed by atoms with E-state index in [0.717, 1.165) is 38.0 Å². The molecule has 1 aliphatic carbocycles. The van der Waals surface area contributed by atoms with Gasteiger partial charge in [0.05, 0.1) is 18.8 Å². The number of rotatable bonds is 5. The van der Waals surface area contributed by atoms with E-state index >= 15 is 0 Å². The summed E-state index contributed by atoms with van der Waals surface area (Å²) in [6, 6.07) is 14.5. The topological polar surface area (TPSA) is 59.0 Å². The molecule has 2 fully saturated rings. The Kier molecular flexibility index (Phi) is 4.32. The molecule has 1 aliphatic heterocycles. The fourth-order valence-corrected chi connectivity index (χ4v) is 3.64. The Hall–Kier alpha value is -2.53. The van der Waals surface area contributed by atoms with Crippen LogP contribution in [0.5, 0.6) is 17.2 Å². The summed E-state index contributed by atoms with van der Waals surface area (Å²) in [5.74, 6) is 2.14. The molecule has 26 heavy (non-hydrogen) atoms. The predicted octanol–water partition coefficient (Wildman–Crippen LogP) is 3.62. The largest absolute Gasteiger partial charge is 0.497 e. The first-order chi connectivity index (χ1) is 12.6. The number of hydrogen-bond acceptors (Lipinski definition) is 4. The van der Waals surface area contributed by atoms with Crippen molar-refractivity contribution in [1.29, 1.82) is 0 Å². The van der Waals surface area contributed by atoms with E-state index in [2.05, 4.69) is 0 Å². The highest BCUT2D eigenvalue weighted by Gasteiger charge is 2.52. The summed E-state index contributed by atoms with van der Waals surface area (Å²) in [5.41, 5.74) is -0.0212. The monoisotopic (exact) mass is 353 g/mol. The van der Waals surface area contributed by atoms with Gasteiger partial charge in [-0.3, -0.25) is 4.79 Å². The van der Waals surface area contributed by atoms with Crippen molar-refractivity contribution >= 4 is 5.91 Å². The van der Waals surface area contributed by atoms with Gasteiger partial charge < -0.3 is 19.5 Å². The Morgan fingerprint density at radius 2 is 1.62 bits per heavy atom. The number of carbonyl (C=O) groups is 1. The number of aliphatic hydroxyl groups is 1. The molecular weight excluding hydrogens is 330 g/mol. The molecule has 1 amide bonds. The molecule has 0 aromatic heterocycles. The van der Waals surface area contributed by atoms with Crippen molar-refractivity contribution in [3.63, 3.8) is 0 Å². The molecule has 1 saturated carbocycles. The molecule has 2 aromatic rings. The molecule has 136 valence electrons. The van der Waals surface area contributed by atoms with E-state index in [4.69, 9.17) is 9.47 Å². The van der Waals surface area contributed by atoms with Crippen molar-refractivity contribution in [2.75, 3.05) is 13.7 Å². The van der Waals surface area contributed by atoms with Crippen LogP contribution in [0, 0.1) is 0 Å². The first-order valence-corrected chi connectivity index (χ1v) is 9.04. The first kappa shape index (κ1) is 16.9. The Morgan fingerprint density at radius 1 is 1.04 bits per heavy atom. The average Bonchev–Trinajstić information content (AvgIpc) is 3.22. The minimum atomic E-state index is -0.649. The van der Waals surface area contributed by atoms with Crippen molar-refractivity contribution in [3.8, 4) is 17.2 Å². The summed E-state index contributed by atoms with van der Waals surface area (Å²) in [4.78, 5) is 14.7. The third-order valence-corrected chi connectivity index (χ3v) is 5.29. The van der Waals surface area contributed by atoms with Gasteiger partial charge in [0.15, 0.2) is 0 Å². The third kappa shape index (κ3) is 3.27. The highest BCUT2D eigenvalue weighted by atomic mass is 16.5. The quantitative estimate of drug-likeness (QED) is 0.892. The highest BCUT2D eigenvalue weighted by molar-refractivity contribution is 5.94. The first-order valence-electron chi connectivity index (χ1n) is 9.04. The van der Waals surface area contributed by atoms with E-state index in [-0.39, 0.29) is 11.9 Å². The fraction of sp³-hybridized carbons (Fsp3) is 0.381. The van der Waals surface area contributed by atoms with Crippen molar-refractivity contribution in [2.24, 2.45) is 0 Å². The maximum absolute atomic E-state index is 12.8. The second-order valence-electron chi connectivity index (χ2n) is 7.06.